The first-order valence-electron chi connectivity index (χ1n) is 15.8. The summed E-state index contributed by atoms with van der Waals surface area (Å²) in [5.74, 6) is -1.10. The van der Waals surface area contributed by atoms with Crippen molar-refractivity contribution in [3.8, 4) is 0 Å². The lowest BCUT2D eigenvalue weighted by atomic mass is 9.97. The van der Waals surface area contributed by atoms with E-state index in [9.17, 15) is 24.2 Å². The highest BCUT2D eigenvalue weighted by Crippen LogP contribution is 2.45. The second-order valence-electron chi connectivity index (χ2n) is 11.5. The minimum atomic E-state index is -4.49. The van der Waals surface area contributed by atoms with E-state index in [-0.39, 0.29) is 6.61 Å². The molecule has 5 atom stereocenters. The SMILES string of the molecule is CCCCCCCCCCCCCCCCOCCCOP(=O)(O)OC[C@H]1O[C@@H](N2C=CC(=O)CC2=O)[C@](C)(F)[C@@H]1O. The van der Waals surface area contributed by atoms with E-state index in [1.165, 1.54) is 77.0 Å². The van der Waals surface area contributed by atoms with Crippen LogP contribution >= 0.6 is 7.82 Å². The Morgan fingerprint density at radius 2 is 1.48 bits per heavy atom. The molecule has 42 heavy (non-hydrogen) atoms. The van der Waals surface area contributed by atoms with E-state index in [1.807, 2.05) is 0 Å². The van der Waals surface area contributed by atoms with Crippen LogP contribution in [0.15, 0.2) is 12.3 Å². The molecule has 2 aliphatic rings. The number of phosphoric ester groups is 1. The molecule has 0 aliphatic carbocycles. The van der Waals surface area contributed by atoms with Crippen LogP contribution in [0, 0.1) is 0 Å². The Morgan fingerprint density at radius 3 is 2.05 bits per heavy atom. The number of rotatable bonds is 24. The number of nitrogens with zero attached hydrogens (tertiary/aromatic N) is 1. The second-order valence-corrected chi connectivity index (χ2v) is 13.0. The Balaban J connectivity index is 1.46. The fraction of sp³-hybridized carbons (Fsp3) is 0.867. The van der Waals surface area contributed by atoms with Crippen LogP contribution in [0.25, 0.3) is 0 Å². The van der Waals surface area contributed by atoms with E-state index in [2.05, 4.69) is 6.92 Å². The van der Waals surface area contributed by atoms with Crippen LogP contribution in [0.2, 0.25) is 0 Å². The highest BCUT2D eigenvalue weighted by atomic mass is 31.2. The number of ketones is 1. The maximum absolute atomic E-state index is 15.2. The van der Waals surface area contributed by atoms with Gasteiger partial charge in [-0.25, -0.2) is 8.96 Å². The molecule has 244 valence electrons. The maximum Gasteiger partial charge on any atom is 0.472 e. The van der Waals surface area contributed by atoms with Crippen molar-refractivity contribution < 1.29 is 47.1 Å². The van der Waals surface area contributed by atoms with Gasteiger partial charge in [0.25, 0.3) is 0 Å². The van der Waals surface area contributed by atoms with Crippen molar-refractivity contribution in [3.05, 3.63) is 12.3 Å². The van der Waals surface area contributed by atoms with E-state index < -0.39 is 56.6 Å². The molecule has 0 saturated carbocycles. The van der Waals surface area contributed by atoms with Crippen LogP contribution < -0.4 is 0 Å². The van der Waals surface area contributed by atoms with Crippen LogP contribution in [0.3, 0.4) is 0 Å². The summed E-state index contributed by atoms with van der Waals surface area (Å²) in [5.41, 5.74) is -2.40. The van der Waals surface area contributed by atoms with Gasteiger partial charge in [0.05, 0.1) is 19.6 Å². The number of aliphatic hydroxyl groups is 1. The van der Waals surface area contributed by atoms with Crippen molar-refractivity contribution >= 4 is 19.5 Å². The van der Waals surface area contributed by atoms with Crippen LogP contribution in [-0.2, 0) is 32.7 Å². The van der Waals surface area contributed by atoms with E-state index in [0.717, 1.165) is 36.9 Å². The predicted molar refractivity (Wildman–Crippen MR) is 157 cm³/mol. The van der Waals surface area contributed by atoms with E-state index in [4.69, 9.17) is 18.5 Å². The number of carbonyl (C=O) groups excluding carboxylic acids is 2. The quantitative estimate of drug-likeness (QED) is 0.0741. The fourth-order valence-corrected chi connectivity index (χ4v) is 5.92. The number of halogens is 1. The third-order valence-corrected chi connectivity index (χ3v) is 8.72. The Kier molecular flexibility index (Phi) is 17.6. The zero-order chi connectivity index (χ0) is 30.8. The van der Waals surface area contributed by atoms with Crippen molar-refractivity contribution in [1.29, 1.82) is 0 Å². The van der Waals surface area contributed by atoms with Gasteiger partial charge in [-0.1, -0.05) is 90.4 Å². The van der Waals surface area contributed by atoms with Crippen molar-refractivity contribution in [2.75, 3.05) is 26.4 Å². The van der Waals surface area contributed by atoms with Gasteiger partial charge in [-0.2, -0.15) is 0 Å². The zero-order valence-corrected chi connectivity index (χ0v) is 26.4. The summed E-state index contributed by atoms with van der Waals surface area (Å²) < 4.78 is 48.3. The van der Waals surface area contributed by atoms with Crippen LogP contribution in [0.1, 0.15) is 117 Å². The summed E-state index contributed by atoms with van der Waals surface area (Å²) >= 11 is 0. The lowest BCUT2D eigenvalue weighted by molar-refractivity contribution is -0.150. The van der Waals surface area contributed by atoms with Gasteiger partial charge in [-0.05, 0) is 25.8 Å². The Hall–Kier alpha value is -1.20. The summed E-state index contributed by atoms with van der Waals surface area (Å²) in [6.07, 6.45) is 15.7. The average Bonchev–Trinajstić information content (AvgIpc) is 3.16. The molecular weight excluding hydrogens is 568 g/mol. The normalized spacial score (nSPS) is 25.8. The first-order valence-corrected chi connectivity index (χ1v) is 17.3. The highest BCUT2D eigenvalue weighted by Gasteiger charge is 2.57. The molecule has 1 saturated heterocycles. The van der Waals surface area contributed by atoms with E-state index >= 15 is 4.39 Å². The van der Waals surface area contributed by atoms with E-state index in [1.54, 1.807) is 0 Å². The molecule has 1 amide bonds. The number of amides is 1. The third kappa shape index (κ3) is 13.6. The molecular formula is C30H53FNO9P. The van der Waals surface area contributed by atoms with Gasteiger partial charge in [-0.15, -0.1) is 0 Å². The Morgan fingerprint density at radius 1 is 0.929 bits per heavy atom. The third-order valence-electron chi connectivity index (χ3n) is 7.74. The van der Waals surface area contributed by atoms with Crippen LogP contribution in [0.5, 0.6) is 0 Å². The summed E-state index contributed by atoms with van der Waals surface area (Å²) in [6, 6.07) is 0. The van der Waals surface area contributed by atoms with Gasteiger partial charge in [0.2, 0.25) is 5.91 Å². The van der Waals surface area contributed by atoms with Crippen LogP contribution in [0.4, 0.5) is 4.39 Å². The smallest absolute Gasteiger partial charge is 0.387 e. The van der Waals surface area contributed by atoms with Gasteiger partial charge in [0.1, 0.15) is 12.2 Å². The van der Waals surface area contributed by atoms with Crippen molar-refractivity contribution in [3.63, 3.8) is 0 Å². The molecule has 2 heterocycles. The second kappa shape index (κ2) is 20.0. The molecule has 12 heteroatoms. The average molecular weight is 622 g/mol. The number of alkyl halides is 1. The number of carbonyl (C=O) groups is 2. The highest BCUT2D eigenvalue weighted by molar-refractivity contribution is 7.47. The molecule has 10 nitrogen and oxygen atoms in total. The summed E-state index contributed by atoms with van der Waals surface area (Å²) in [5, 5.41) is 10.4. The minimum Gasteiger partial charge on any atom is -0.387 e. The standard InChI is InChI=1S/C30H53FNO9P/c1-3-4-5-6-7-8-9-10-11-12-13-14-15-16-20-38-21-17-22-39-42(36,37)40-24-26-28(35)30(2,31)29(41-26)32-19-18-25(33)23-27(32)34/h18-19,26,28-29,35H,3-17,20-24H2,1-2H3,(H,36,37)/t26-,28-,29-,30-/m1/s1. The summed E-state index contributed by atoms with van der Waals surface area (Å²) in [7, 11) is -4.49. The van der Waals surface area contributed by atoms with E-state index in [0.29, 0.717) is 19.6 Å². The zero-order valence-electron chi connectivity index (χ0n) is 25.6. The van der Waals surface area contributed by atoms with Gasteiger partial charge in [0, 0.05) is 19.4 Å². The molecule has 0 spiro atoms. The Bertz CT molecular complexity index is 872. The largest absolute Gasteiger partial charge is 0.472 e. The molecule has 0 bridgehead atoms. The number of hydrogen-bond donors (Lipinski definition) is 2. The molecule has 1 unspecified atom stereocenters. The van der Waals surface area contributed by atoms with Crippen molar-refractivity contribution in [1.82, 2.24) is 4.90 Å². The number of allylic oxidation sites excluding steroid dienone is 1. The van der Waals surface area contributed by atoms with Crippen molar-refractivity contribution in [2.24, 2.45) is 0 Å². The molecule has 0 aromatic heterocycles. The van der Waals surface area contributed by atoms with Crippen molar-refractivity contribution in [2.45, 2.75) is 141 Å². The summed E-state index contributed by atoms with van der Waals surface area (Å²) in [6.45, 7) is 3.60. The fourth-order valence-electron chi connectivity index (χ4n) is 5.15. The lowest BCUT2D eigenvalue weighted by Gasteiger charge is -2.32. The van der Waals surface area contributed by atoms with Crippen LogP contribution in [-0.4, -0.2) is 77.1 Å². The number of unbranched alkanes of at least 4 members (excludes halogenated alkanes) is 13. The first-order chi connectivity index (χ1) is 20.1. The lowest BCUT2D eigenvalue weighted by Crippen LogP contribution is -2.51. The predicted octanol–water partition coefficient (Wildman–Crippen LogP) is 6.14. The first kappa shape index (κ1) is 37.0. The molecule has 2 aliphatic heterocycles. The number of hydrogen-bond acceptors (Lipinski definition) is 8. The molecule has 1 fully saturated rings. The molecule has 0 aromatic carbocycles. The monoisotopic (exact) mass is 621 g/mol. The minimum absolute atomic E-state index is 0.0782. The van der Waals surface area contributed by atoms with Gasteiger partial charge in [0.15, 0.2) is 17.7 Å². The summed E-state index contributed by atoms with van der Waals surface area (Å²) in [4.78, 5) is 34.4. The van der Waals surface area contributed by atoms with Gasteiger partial charge in [-0.3, -0.25) is 23.5 Å². The topological polar surface area (TPSA) is 132 Å². The number of phosphoric acid groups is 1. The Labute approximate surface area is 250 Å². The maximum atomic E-state index is 15.2. The number of aliphatic hydroxyl groups excluding tert-OH is 1. The molecule has 2 N–H and O–H groups in total. The molecule has 2 rings (SSSR count). The molecule has 0 radical (unpaired) electrons. The number of ether oxygens (including phenoxy) is 2. The van der Waals surface area contributed by atoms with Gasteiger partial charge < -0.3 is 19.5 Å². The van der Waals surface area contributed by atoms with Gasteiger partial charge >= 0.3 is 7.82 Å². The molecule has 0 aromatic rings.